The molecule has 0 fully saturated rings. The summed E-state index contributed by atoms with van der Waals surface area (Å²) in [4.78, 5) is 13.2. The van der Waals surface area contributed by atoms with Crippen LogP contribution in [0.1, 0.15) is 34.1 Å². The molecule has 0 saturated heterocycles. The average molecular weight is 470 g/mol. The lowest BCUT2D eigenvalue weighted by atomic mass is 9.96. The van der Waals surface area contributed by atoms with Crippen molar-refractivity contribution in [1.82, 2.24) is 5.01 Å². The highest BCUT2D eigenvalue weighted by atomic mass is 32.2. The van der Waals surface area contributed by atoms with E-state index in [0.717, 1.165) is 11.8 Å². The van der Waals surface area contributed by atoms with Crippen molar-refractivity contribution >= 4 is 27.3 Å². The van der Waals surface area contributed by atoms with E-state index in [1.54, 1.807) is 62.8 Å². The third kappa shape index (κ3) is 4.70. The second kappa shape index (κ2) is 8.99. The van der Waals surface area contributed by atoms with Crippen molar-refractivity contribution in [2.75, 3.05) is 25.2 Å². The summed E-state index contributed by atoms with van der Waals surface area (Å²) in [6.45, 7) is 0. The number of benzene rings is 2. The summed E-state index contributed by atoms with van der Waals surface area (Å²) in [5.41, 5.74) is 2.53. The molecule has 3 aromatic rings. The number of rotatable bonds is 7. The summed E-state index contributed by atoms with van der Waals surface area (Å²) < 4.78 is 41.8. The number of anilines is 1. The van der Waals surface area contributed by atoms with Crippen LogP contribution in [0.3, 0.4) is 0 Å². The summed E-state index contributed by atoms with van der Waals surface area (Å²) >= 11 is 0. The van der Waals surface area contributed by atoms with Gasteiger partial charge in [0.05, 0.1) is 44.1 Å². The van der Waals surface area contributed by atoms with Crippen molar-refractivity contribution < 1.29 is 27.1 Å². The maximum atomic E-state index is 13.2. The maximum Gasteiger partial charge on any atom is 0.310 e. The normalized spacial score (nSPS) is 15.8. The number of methoxy groups -OCH3 is 2. The van der Waals surface area contributed by atoms with Gasteiger partial charge in [-0.1, -0.05) is 18.2 Å². The molecule has 1 N–H and O–H groups in total. The fourth-order valence-corrected chi connectivity index (χ4v) is 4.33. The number of amides is 1. The summed E-state index contributed by atoms with van der Waals surface area (Å²) in [6.07, 6.45) is 2.91. The molecular formula is C23H23N3O6S. The monoisotopic (exact) mass is 469 g/mol. The molecule has 0 bridgehead atoms. The van der Waals surface area contributed by atoms with Gasteiger partial charge in [-0.05, 0) is 42.0 Å². The molecule has 1 aliphatic rings. The van der Waals surface area contributed by atoms with E-state index in [1.165, 1.54) is 11.3 Å². The highest BCUT2D eigenvalue weighted by Gasteiger charge is 2.38. The molecule has 33 heavy (non-hydrogen) atoms. The van der Waals surface area contributed by atoms with Crippen LogP contribution in [0.15, 0.2) is 70.4 Å². The molecule has 4 rings (SSSR count). The van der Waals surface area contributed by atoms with Crippen molar-refractivity contribution in [3.8, 4) is 11.5 Å². The van der Waals surface area contributed by atoms with E-state index in [-0.39, 0.29) is 5.76 Å². The van der Waals surface area contributed by atoms with Crippen LogP contribution in [0.25, 0.3) is 0 Å². The molecule has 172 valence electrons. The first-order valence-electron chi connectivity index (χ1n) is 10.0. The van der Waals surface area contributed by atoms with Crippen LogP contribution in [-0.2, 0) is 10.0 Å². The molecule has 1 atom stereocenters. The van der Waals surface area contributed by atoms with E-state index in [2.05, 4.69) is 9.82 Å². The second-order valence-electron chi connectivity index (χ2n) is 7.42. The predicted octanol–water partition coefficient (Wildman–Crippen LogP) is 3.66. The minimum absolute atomic E-state index is 0.159. The Morgan fingerprint density at radius 2 is 1.73 bits per heavy atom. The molecule has 9 nitrogen and oxygen atoms in total. The zero-order chi connectivity index (χ0) is 23.6. The molecule has 0 saturated carbocycles. The van der Waals surface area contributed by atoms with E-state index in [0.29, 0.717) is 34.9 Å². The van der Waals surface area contributed by atoms with E-state index in [4.69, 9.17) is 13.9 Å². The molecule has 1 aromatic heterocycles. The number of nitrogens with zero attached hydrogens (tertiary/aromatic N) is 2. The van der Waals surface area contributed by atoms with Crippen molar-refractivity contribution in [3.05, 3.63) is 77.7 Å². The van der Waals surface area contributed by atoms with Crippen molar-refractivity contribution in [3.63, 3.8) is 0 Å². The van der Waals surface area contributed by atoms with Crippen molar-refractivity contribution in [2.24, 2.45) is 5.10 Å². The van der Waals surface area contributed by atoms with E-state index in [1.807, 2.05) is 6.07 Å². The van der Waals surface area contributed by atoms with Gasteiger partial charge in [-0.3, -0.25) is 9.52 Å². The van der Waals surface area contributed by atoms with Crippen LogP contribution < -0.4 is 14.2 Å². The number of furan rings is 1. The topological polar surface area (TPSA) is 110 Å². The standard InChI is InChI=1S/C23H23N3O6S/c1-30-19-6-4-7-20(31-2)22(19)18-14-17(24-26(18)23(27)21-8-5-13-32-21)15-9-11-16(12-10-15)25-33(3,28)29/h4-13,18,25H,14H2,1-3H3/t18-/m1/s1. The highest BCUT2D eigenvalue weighted by Crippen LogP contribution is 2.43. The van der Waals surface area contributed by atoms with E-state index < -0.39 is 22.0 Å². The van der Waals surface area contributed by atoms with Gasteiger partial charge in [-0.15, -0.1) is 0 Å². The molecule has 1 amide bonds. The van der Waals surface area contributed by atoms with Gasteiger partial charge in [-0.2, -0.15) is 5.10 Å². The summed E-state index contributed by atoms with van der Waals surface area (Å²) in [5, 5.41) is 5.99. The third-order valence-corrected chi connectivity index (χ3v) is 5.78. The zero-order valence-corrected chi connectivity index (χ0v) is 19.1. The maximum absolute atomic E-state index is 13.2. The van der Waals surface area contributed by atoms with E-state index in [9.17, 15) is 13.2 Å². The molecule has 2 aromatic carbocycles. The first-order valence-corrected chi connectivity index (χ1v) is 11.9. The fraction of sp³-hybridized carbons (Fsp3) is 0.217. The zero-order valence-electron chi connectivity index (χ0n) is 18.3. The lowest BCUT2D eigenvalue weighted by Gasteiger charge is -2.24. The summed E-state index contributed by atoms with van der Waals surface area (Å²) in [5.74, 6) is 0.899. The molecule has 0 unspecified atom stereocenters. The Morgan fingerprint density at radius 3 is 2.27 bits per heavy atom. The highest BCUT2D eigenvalue weighted by molar-refractivity contribution is 7.92. The van der Waals surface area contributed by atoms with Gasteiger partial charge >= 0.3 is 5.91 Å². The Bertz CT molecular complexity index is 1260. The van der Waals surface area contributed by atoms with Crippen LogP contribution >= 0.6 is 0 Å². The second-order valence-corrected chi connectivity index (χ2v) is 9.17. The minimum Gasteiger partial charge on any atom is -0.496 e. The SMILES string of the molecule is COc1cccc(OC)c1[C@H]1CC(c2ccc(NS(C)(=O)=O)cc2)=NN1C(=O)c1ccco1. The Morgan fingerprint density at radius 1 is 1.06 bits per heavy atom. The van der Waals surface area contributed by atoms with Crippen LogP contribution in [0.4, 0.5) is 5.69 Å². The minimum atomic E-state index is -3.39. The van der Waals surface area contributed by atoms with Crippen molar-refractivity contribution in [1.29, 1.82) is 0 Å². The largest absolute Gasteiger partial charge is 0.496 e. The number of hydrazone groups is 1. The Kier molecular flexibility index (Phi) is 6.10. The van der Waals surface area contributed by atoms with Crippen LogP contribution in [0.2, 0.25) is 0 Å². The number of nitrogens with one attached hydrogen (secondary N) is 1. The number of hydrogen-bond acceptors (Lipinski definition) is 7. The summed E-state index contributed by atoms with van der Waals surface area (Å²) in [6, 6.07) is 14.9. The van der Waals surface area contributed by atoms with Crippen LogP contribution in [0.5, 0.6) is 11.5 Å². The van der Waals surface area contributed by atoms with Gasteiger partial charge in [0, 0.05) is 12.1 Å². The summed E-state index contributed by atoms with van der Waals surface area (Å²) in [7, 11) is -0.272. The molecule has 1 aliphatic heterocycles. The number of carbonyl (C=O) groups is 1. The smallest absolute Gasteiger partial charge is 0.310 e. The first-order chi connectivity index (χ1) is 15.8. The Hall–Kier alpha value is -3.79. The van der Waals surface area contributed by atoms with Crippen LogP contribution in [-0.4, -0.2) is 45.5 Å². The van der Waals surface area contributed by atoms with Gasteiger partial charge in [0.2, 0.25) is 10.0 Å². The molecule has 0 aliphatic carbocycles. The molecule has 10 heteroatoms. The number of ether oxygens (including phenoxy) is 2. The predicted molar refractivity (Wildman–Crippen MR) is 123 cm³/mol. The number of carbonyl (C=O) groups excluding carboxylic acids is 1. The van der Waals surface area contributed by atoms with Gasteiger partial charge in [-0.25, -0.2) is 13.4 Å². The third-order valence-electron chi connectivity index (χ3n) is 5.17. The number of hydrogen-bond donors (Lipinski definition) is 1. The van der Waals surface area contributed by atoms with Crippen molar-refractivity contribution in [2.45, 2.75) is 12.5 Å². The Labute approximate surface area is 191 Å². The lowest BCUT2D eigenvalue weighted by molar-refractivity contribution is 0.0675. The van der Waals surface area contributed by atoms with Gasteiger partial charge < -0.3 is 13.9 Å². The number of sulfonamides is 1. The molecular weight excluding hydrogens is 446 g/mol. The lowest BCUT2D eigenvalue weighted by Crippen LogP contribution is -2.27. The quantitative estimate of drug-likeness (QED) is 0.565. The molecule has 0 spiro atoms. The van der Waals surface area contributed by atoms with Gasteiger partial charge in [0.25, 0.3) is 0 Å². The molecule has 0 radical (unpaired) electrons. The first kappa shape index (κ1) is 22.4. The average Bonchev–Trinajstić information content (AvgIpc) is 3.48. The Balaban J connectivity index is 1.74. The fourth-order valence-electron chi connectivity index (χ4n) is 3.76. The molecule has 2 heterocycles. The van der Waals surface area contributed by atoms with Gasteiger partial charge in [0.1, 0.15) is 11.5 Å². The van der Waals surface area contributed by atoms with Gasteiger partial charge in [0.15, 0.2) is 5.76 Å². The van der Waals surface area contributed by atoms with Crippen LogP contribution in [0, 0.1) is 0 Å². The van der Waals surface area contributed by atoms with E-state index >= 15 is 0 Å².